The molecule has 2 aliphatic heterocycles. The van der Waals surface area contributed by atoms with Crippen LogP contribution in [0.25, 0.3) is 0 Å². The SMILES string of the molecule is O=C(Nc1ccc(N2CCC(Cc3ccccc3)CC2)c(C(=O)N2CCCCC2)c1)C1CCCCC1. The van der Waals surface area contributed by atoms with Crippen molar-refractivity contribution in [2.45, 2.75) is 70.6 Å². The third-order valence-electron chi connectivity index (χ3n) is 8.44. The molecule has 2 saturated heterocycles. The summed E-state index contributed by atoms with van der Waals surface area (Å²) in [5, 5.41) is 3.15. The minimum Gasteiger partial charge on any atom is -0.371 e. The van der Waals surface area contributed by atoms with E-state index in [2.05, 4.69) is 46.6 Å². The Labute approximate surface area is 216 Å². The van der Waals surface area contributed by atoms with E-state index in [1.165, 1.54) is 18.4 Å². The molecule has 2 amide bonds. The van der Waals surface area contributed by atoms with Gasteiger partial charge >= 0.3 is 0 Å². The van der Waals surface area contributed by atoms with E-state index in [1.54, 1.807) is 0 Å². The minimum absolute atomic E-state index is 0.100. The van der Waals surface area contributed by atoms with Crippen LogP contribution in [0.2, 0.25) is 0 Å². The molecule has 5 nitrogen and oxygen atoms in total. The number of nitrogens with zero attached hydrogens (tertiary/aromatic N) is 2. The summed E-state index contributed by atoms with van der Waals surface area (Å²) in [7, 11) is 0. The van der Waals surface area contributed by atoms with Crippen molar-refractivity contribution >= 4 is 23.2 Å². The zero-order valence-corrected chi connectivity index (χ0v) is 21.6. The molecule has 1 N–H and O–H groups in total. The summed E-state index contributed by atoms with van der Waals surface area (Å²) < 4.78 is 0. The lowest BCUT2D eigenvalue weighted by Gasteiger charge is -2.36. The summed E-state index contributed by atoms with van der Waals surface area (Å²) in [5.41, 5.74) is 3.95. The predicted molar refractivity (Wildman–Crippen MR) is 146 cm³/mol. The van der Waals surface area contributed by atoms with Gasteiger partial charge in [-0.3, -0.25) is 9.59 Å². The Hall–Kier alpha value is -2.82. The van der Waals surface area contributed by atoms with E-state index in [-0.39, 0.29) is 17.7 Å². The molecule has 0 radical (unpaired) electrons. The summed E-state index contributed by atoms with van der Waals surface area (Å²) in [6.45, 7) is 3.59. The summed E-state index contributed by atoms with van der Waals surface area (Å²) in [4.78, 5) is 31.0. The van der Waals surface area contributed by atoms with Gasteiger partial charge in [0.25, 0.3) is 5.91 Å². The van der Waals surface area contributed by atoms with Crippen molar-refractivity contribution in [2.24, 2.45) is 11.8 Å². The normalized spacial score (nSPS) is 19.8. The van der Waals surface area contributed by atoms with Crippen LogP contribution in [0.4, 0.5) is 11.4 Å². The summed E-state index contributed by atoms with van der Waals surface area (Å²) in [6.07, 6.45) is 12.2. The summed E-state index contributed by atoms with van der Waals surface area (Å²) in [6, 6.07) is 16.8. The molecule has 2 heterocycles. The van der Waals surface area contributed by atoms with Crippen molar-refractivity contribution in [1.29, 1.82) is 0 Å². The molecule has 2 aromatic carbocycles. The molecule has 5 rings (SSSR count). The van der Waals surface area contributed by atoms with E-state index in [9.17, 15) is 9.59 Å². The lowest BCUT2D eigenvalue weighted by atomic mass is 9.88. The average molecular weight is 488 g/mol. The average Bonchev–Trinajstić information content (AvgIpc) is 2.94. The molecule has 5 heteroatoms. The molecule has 3 fully saturated rings. The quantitative estimate of drug-likeness (QED) is 0.521. The highest BCUT2D eigenvalue weighted by Crippen LogP contribution is 2.32. The number of amides is 2. The Morgan fingerprint density at radius 2 is 1.47 bits per heavy atom. The predicted octanol–water partition coefficient (Wildman–Crippen LogP) is 6.29. The molecular weight excluding hydrogens is 446 g/mol. The molecule has 0 unspecified atom stereocenters. The molecule has 0 bridgehead atoms. The van der Waals surface area contributed by atoms with Crippen LogP contribution in [0.1, 0.15) is 80.1 Å². The van der Waals surface area contributed by atoms with Gasteiger partial charge < -0.3 is 15.1 Å². The second kappa shape index (κ2) is 11.9. The van der Waals surface area contributed by atoms with Gasteiger partial charge in [0.2, 0.25) is 5.91 Å². The number of rotatable bonds is 6. The van der Waals surface area contributed by atoms with E-state index in [0.29, 0.717) is 5.92 Å². The van der Waals surface area contributed by atoms with Crippen LogP contribution in [0.15, 0.2) is 48.5 Å². The van der Waals surface area contributed by atoms with E-state index in [0.717, 1.165) is 101 Å². The van der Waals surface area contributed by atoms with E-state index < -0.39 is 0 Å². The number of benzene rings is 2. The van der Waals surface area contributed by atoms with Gasteiger partial charge in [-0.15, -0.1) is 0 Å². The number of carbonyl (C=O) groups excluding carboxylic acids is 2. The molecule has 0 atom stereocenters. The molecule has 1 aliphatic carbocycles. The molecule has 0 aromatic heterocycles. The summed E-state index contributed by atoms with van der Waals surface area (Å²) in [5.74, 6) is 1.01. The monoisotopic (exact) mass is 487 g/mol. The lowest BCUT2D eigenvalue weighted by Crippen LogP contribution is -2.39. The van der Waals surface area contributed by atoms with Crippen molar-refractivity contribution < 1.29 is 9.59 Å². The fraction of sp³-hybridized carbons (Fsp3) is 0.548. The molecule has 3 aliphatic rings. The second-order valence-electron chi connectivity index (χ2n) is 11.0. The van der Waals surface area contributed by atoms with Crippen molar-refractivity contribution in [1.82, 2.24) is 4.90 Å². The Morgan fingerprint density at radius 3 is 2.19 bits per heavy atom. The van der Waals surface area contributed by atoms with Crippen LogP contribution in [0.3, 0.4) is 0 Å². The van der Waals surface area contributed by atoms with Crippen molar-refractivity contribution in [3.05, 3.63) is 59.7 Å². The van der Waals surface area contributed by atoms with Crippen LogP contribution in [-0.4, -0.2) is 42.9 Å². The third kappa shape index (κ3) is 6.11. The zero-order valence-electron chi connectivity index (χ0n) is 21.6. The van der Waals surface area contributed by atoms with Gasteiger partial charge in [0.15, 0.2) is 0 Å². The highest BCUT2D eigenvalue weighted by Gasteiger charge is 2.27. The molecule has 36 heavy (non-hydrogen) atoms. The van der Waals surface area contributed by atoms with Gasteiger partial charge in [0.05, 0.1) is 5.56 Å². The number of likely N-dealkylation sites (tertiary alicyclic amines) is 1. The molecule has 1 saturated carbocycles. The van der Waals surface area contributed by atoms with Gasteiger partial charge in [-0.05, 0) is 81.0 Å². The fourth-order valence-corrected chi connectivity index (χ4v) is 6.26. The van der Waals surface area contributed by atoms with Crippen molar-refractivity contribution in [2.75, 3.05) is 36.4 Å². The van der Waals surface area contributed by atoms with Gasteiger partial charge in [-0.1, -0.05) is 49.6 Å². The Kier molecular flexibility index (Phi) is 8.25. The smallest absolute Gasteiger partial charge is 0.256 e. The topological polar surface area (TPSA) is 52.7 Å². The first-order valence-corrected chi connectivity index (χ1v) is 14.2. The number of nitrogens with one attached hydrogen (secondary N) is 1. The van der Waals surface area contributed by atoms with Crippen LogP contribution in [-0.2, 0) is 11.2 Å². The van der Waals surface area contributed by atoms with E-state index >= 15 is 0 Å². The number of anilines is 2. The van der Waals surface area contributed by atoms with E-state index in [1.807, 2.05) is 17.0 Å². The zero-order chi connectivity index (χ0) is 24.7. The highest BCUT2D eigenvalue weighted by atomic mass is 16.2. The third-order valence-corrected chi connectivity index (χ3v) is 8.44. The first-order chi connectivity index (χ1) is 17.7. The lowest BCUT2D eigenvalue weighted by molar-refractivity contribution is -0.120. The Bertz CT molecular complexity index is 1020. The maximum absolute atomic E-state index is 13.7. The molecule has 192 valence electrons. The standard InChI is InChI=1S/C31H41N3O2/c35-30(26-12-6-2-7-13-26)32-27-14-15-29(28(23-27)31(36)34-18-8-3-9-19-34)33-20-16-25(17-21-33)22-24-10-4-1-5-11-24/h1,4-5,10-11,14-15,23,25-26H,2-3,6-9,12-13,16-22H2,(H,32,35). The minimum atomic E-state index is 0.100. The van der Waals surface area contributed by atoms with Gasteiger partial charge in [0.1, 0.15) is 0 Å². The van der Waals surface area contributed by atoms with Crippen LogP contribution in [0.5, 0.6) is 0 Å². The van der Waals surface area contributed by atoms with Crippen molar-refractivity contribution in [3.8, 4) is 0 Å². The first-order valence-electron chi connectivity index (χ1n) is 14.2. The first kappa shape index (κ1) is 24.9. The number of hydrogen-bond donors (Lipinski definition) is 1. The van der Waals surface area contributed by atoms with Crippen LogP contribution < -0.4 is 10.2 Å². The number of hydrogen-bond acceptors (Lipinski definition) is 3. The second-order valence-corrected chi connectivity index (χ2v) is 11.0. The maximum Gasteiger partial charge on any atom is 0.256 e. The van der Waals surface area contributed by atoms with E-state index in [4.69, 9.17) is 0 Å². The number of piperidine rings is 2. The van der Waals surface area contributed by atoms with Crippen LogP contribution in [0, 0.1) is 11.8 Å². The molecule has 2 aromatic rings. The maximum atomic E-state index is 13.7. The largest absolute Gasteiger partial charge is 0.371 e. The van der Waals surface area contributed by atoms with Gasteiger partial charge in [-0.25, -0.2) is 0 Å². The van der Waals surface area contributed by atoms with Gasteiger partial charge in [0, 0.05) is 43.5 Å². The summed E-state index contributed by atoms with van der Waals surface area (Å²) >= 11 is 0. The molecular formula is C31H41N3O2. The van der Waals surface area contributed by atoms with Gasteiger partial charge in [-0.2, -0.15) is 0 Å². The Balaban J connectivity index is 1.31. The highest BCUT2D eigenvalue weighted by molar-refractivity contribution is 6.02. The Morgan fingerprint density at radius 1 is 0.778 bits per heavy atom. The molecule has 0 spiro atoms. The van der Waals surface area contributed by atoms with Crippen molar-refractivity contribution in [3.63, 3.8) is 0 Å². The number of carbonyl (C=O) groups is 2. The van der Waals surface area contributed by atoms with Crippen LogP contribution >= 0.6 is 0 Å². The fourth-order valence-electron chi connectivity index (χ4n) is 6.26.